The molecule has 0 radical (unpaired) electrons. The predicted octanol–water partition coefficient (Wildman–Crippen LogP) is 0.378. The van der Waals surface area contributed by atoms with Crippen molar-refractivity contribution in [3.8, 4) is 0 Å². The Morgan fingerprint density at radius 3 is 2.62 bits per heavy atom. The van der Waals surface area contributed by atoms with Gasteiger partial charge >= 0.3 is 6.03 Å². The zero-order chi connectivity index (χ0) is 11.5. The average molecular weight is 219 g/mol. The molecule has 0 saturated heterocycles. The summed E-state index contributed by atoms with van der Waals surface area (Å²) in [6, 6.07) is 7.09. The van der Waals surface area contributed by atoms with Gasteiger partial charge in [0.15, 0.2) is 0 Å². The normalized spacial score (nSPS) is 19.5. The maximum atomic E-state index is 11.0. The lowest BCUT2D eigenvalue weighted by Crippen LogP contribution is -2.48. The molecule has 1 heterocycles. The first-order chi connectivity index (χ1) is 7.70. The Bertz CT molecular complexity index is 425. The molecular weight excluding hydrogens is 206 g/mol. The van der Waals surface area contributed by atoms with Crippen molar-refractivity contribution in [1.29, 1.82) is 0 Å². The quantitative estimate of drug-likeness (QED) is 0.428. The maximum absolute atomic E-state index is 11.0. The second kappa shape index (κ2) is 4.19. The number of nitrogen functional groups attached to an aromatic ring is 1. The van der Waals surface area contributed by atoms with E-state index in [9.17, 15) is 4.79 Å². The molecule has 5 N–H and O–H groups in total. The van der Waals surface area contributed by atoms with E-state index >= 15 is 0 Å². The molecule has 0 bridgehead atoms. The molecule has 1 aromatic rings. The minimum absolute atomic E-state index is 0.106. The van der Waals surface area contributed by atoms with Crippen LogP contribution in [0.5, 0.6) is 0 Å². The lowest BCUT2D eigenvalue weighted by molar-refractivity contribution is 0.239. The van der Waals surface area contributed by atoms with Crippen molar-refractivity contribution in [2.24, 2.45) is 10.9 Å². The highest BCUT2D eigenvalue weighted by Gasteiger charge is 2.19. The molecule has 0 aliphatic carbocycles. The summed E-state index contributed by atoms with van der Waals surface area (Å²) in [5.41, 5.74) is 7.50. The Labute approximate surface area is 92.9 Å². The Kier molecular flexibility index (Phi) is 2.74. The molecule has 2 amide bonds. The molecule has 0 aromatic heterocycles. The molecule has 16 heavy (non-hydrogen) atoms. The van der Waals surface area contributed by atoms with E-state index in [0.717, 1.165) is 17.0 Å². The highest BCUT2D eigenvalue weighted by Crippen LogP contribution is 2.11. The molecule has 0 saturated carbocycles. The van der Waals surface area contributed by atoms with E-state index in [-0.39, 0.29) is 12.1 Å². The minimum Gasteiger partial charge on any atom is -0.328 e. The van der Waals surface area contributed by atoms with Crippen LogP contribution >= 0.6 is 0 Å². The van der Waals surface area contributed by atoms with Crippen LogP contribution in [0.2, 0.25) is 0 Å². The monoisotopic (exact) mass is 219 g/mol. The number of urea groups is 1. The van der Waals surface area contributed by atoms with Crippen LogP contribution in [-0.4, -0.2) is 17.8 Å². The number of anilines is 1. The van der Waals surface area contributed by atoms with Crippen LogP contribution in [0.3, 0.4) is 0 Å². The van der Waals surface area contributed by atoms with Gasteiger partial charge in [0.1, 0.15) is 0 Å². The number of rotatable bonds is 2. The van der Waals surface area contributed by atoms with Crippen LogP contribution < -0.4 is 22.0 Å². The van der Waals surface area contributed by atoms with Crippen molar-refractivity contribution < 1.29 is 4.79 Å². The Hall–Kier alpha value is -2.08. The summed E-state index contributed by atoms with van der Waals surface area (Å²) in [5.74, 6) is 5.27. The standard InChI is InChI=1S/C10H13N5O/c1-6-9(14-15-10(16)12-6)7-2-4-8(13-11)5-3-7/h2-6,13H,11H2,1H3,(H2,12,15,16). The van der Waals surface area contributed by atoms with E-state index in [2.05, 4.69) is 21.3 Å². The van der Waals surface area contributed by atoms with Crippen LogP contribution in [0.15, 0.2) is 29.4 Å². The lowest BCUT2D eigenvalue weighted by Gasteiger charge is -2.21. The van der Waals surface area contributed by atoms with Crippen molar-refractivity contribution in [3.63, 3.8) is 0 Å². The van der Waals surface area contributed by atoms with Crippen LogP contribution in [-0.2, 0) is 0 Å². The molecule has 6 heteroatoms. The Balaban J connectivity index is 2.26. The van der Waals surface area contributed by atoms with Crippen molar-refractivity contribution in [3.05, 3.63) is 29.8 Å². The van der Waals surface area contributed by atoms with Gasteiger partial charge in [0, 0.05) is 11.3 Å². The first kappa shape index (κ1) is 10.4. The molecule has 6 nitrogen and oxygen atoms in total. The lowest BCUT2D eigenvalue weighted by atomic mass is 10.0. The second-order valence-corrected chi connectivity index (χ2v) is 3.53. The van der Waals surface area contributed by atoms with Gasteiger partial charge < -0.3 is 10.7 Å². The highest BCUT2D eigenvalue weighted by atomic mass is 16.2. The van der Waals surface area contributed by atoms with Gasteiger partial charge in [-0.15, -0.1) is 0 Å². The summed E-state index contributed by atoms with van der Waals surface area (Å²) in [6.45, 7) is 1.88. The van der Waals surface area contributed by atoms with E-state index in [4.69, 9.17) is 5.84 Å². The molecule has 2 rings (SSSR count). The number of nitrogens with two attached hydrogens (primary N) is 1. The number of hydrogen-bond donors (Lipinski definition) is 4. The van der Waals surface area contributed by atoms with E-state index in [1.165, 1.54) is 0 Å². The fraction of sp³-hybridized carbons (Fsp3) is 0.200. The molecule has 1 aromatic carbocycles. The highest BCUT2D eigenvalue weighted by molar-refractivity contribution is 6.07. The molecule has 1 unspecified atom stereocenters. The summed E-state index contributed by atoms with van der Waals surface area (Å²) in [7, 11) is 0. The van der Waals surface area contributed by atoms with Crippen molar-refractivity contribution >= 4 is 17.4 Å². The third-order valence-electron chi connectivity index (χ3n) is 2.38. The molecule has 1 aliphatic heterocycles. The van der Waals surface area contributed by atoms with Gasteiger partial charge in [0.25, 0.3) is 0 Å². The van der Waals surface area contributed by atoms with E-state index < -0.39 is 0 Å². The number of carbonyl (C=O) groups is 1. The molecule has 0 fully saturated rings. The van der Waals surface area contributed by atoms with Gasteiger partial charge in [-0.05, 0) is 19.1 Å². The average Bonchev–Trinajstić information content (AvgIpc) is 2.29. The van der Waals surface area contributed by atoms with Crippen molar-refractivity contribution in [1.82, 2.24) is 10.7 Å². The van der Waals surface area contributed by atoms with E-state index in [1.807, 2.05) is 31.2 Å². The van der Waals surface area contributed by atoms with Crippen LogP contribution in [0, 0.1) is 0 Å². The SMILES string of the molecule is CC1NC(=O)NN=C1c1ccc(NN)cc1. The summed E-state index contributed by atoms with van der Waals surface area (Å²) in [4.78, 5) is 11.0. The molecular formula is C10H13N5O. The van der Waals surface area contributed by atoms with Gasteiger partial charge in [-0.2, -0.15) is 5.10 Å². The molecule has 84 valence electrons. The van der Waals surface area contributed by atoms with Crippen LogP contribution in [0.1, 0.15) is 12.5 Å². The summed E-state index contributed by atoms with van der Waals surface area (Å²) < 4.78 is 0. The number of benzene rings is 1. The molecule has 1 atom stereocenters. The maximum Gasteiger partial charge on any atom is 0.335 e. The van der Waals surface area contributed by atoms with E-state index in [1.54, 1.807) is 0 Å². The zero-order valence-corrected chi connectivity index (χ0v) is 8.82. The molecule has 0 spiro atoms. The minimum atomic E-state index is -0.281. The number of amides is 2. The number of carbonyl (C=O) groups excluding carboxylic acids is 1. The number of nitrogens with zero attached hydrogens (tertiary/aromatic N) is 1. The predicted molar refractivity (Wildman–Crippen MR) is 61.9 cm³/mol. The summed E-state index contributed by atoms with van der Waals surface area (Å²) in [6.07, 6.45) is 0. The largest absolute Gasteiger partial charge is 0.335 e. The topological polar surface area (TPSA) is 91.5 Å². The van der Waals surface area contributed by atoms with Gasteiger partial charge in [0.2, 0.25) is 0 Å². The Morgan fingerprint density at radius 1 is 1.38 bits per heavy atom. The Morgan fingerprint density at radius 2 is 2.06 bits per heavy atom. The van der Waals surface area contributed by atoms with Crippen LogP contribution in [0.4, 0.5) is 10.5 Å². The molecule has 1 aliphatic rings. The van der Waals surface area contributed by atoms with Crippen molar-refractivity contribution in [2.75, 3.05) is 5.43 Å². The van der Waals surface area contributed by atoms with Crippen LogP contribution in [0.25, 0.3) is 0 Å². The van der Waals surface area contributed by atoms with Gasteiger partial charge in [-0.25, -0.2) is 10.2 Å². The van der Waals surface area contributed by atoms with Crippen molar-refractivity contribution in [2.45, 2.75) is 13.0 Å². The number of hydrazine groups is 1. The second-order valence-electron chi connectivity index (χ2n) is 3.53. The first-order valence-corrected chi connectivity index (χ1v) is 4.92. The number of hydrogen-bond acceptors (Lipinski definition) is 4. The van der Waals surface area contributed by atoms with Gasteiger partial charge in [0.05, 0.1) is 11.8 Å². The first-order valence-electron chi connectivity index (χ1n) is 4.92. The van der Waals surface area contributed by atoms with Gasteiger partial charge in [-0.3, -0.25) is 5.84 Å². The summed E-state index contributed by atoms with van der Waals surface area (Å²) in [5, 5.41) is 6.76. The number of hydrazone groups is 1. The fourth-order valence-electron chi connectivity index (χ4n) is 1.56. The number of nitrogens with one attached hydrogen (secondary N) is 3. The smallest absolute Gasteiger partial charge is 0.328 e. The fourth-order valence-corrected chi connectivity index (χ4v) is 1.56. The third kappa shape index (κ3) is 1.96. The van der Waals surface area contributed by atoms with Gasteiger partial charge in [-0.1, -0.05) is 12.1 Å². The third-order valence-corrected chi connectivity index (χ3v) is 2.38. The summed E-state index contributed by atoms with van der Waals surface area (Å²) >= 11 is 0. The van der Waals surface area contributed by atoms with E-state index in [0.29, 0.717) is 0 Å². The zero-order valence-electron chi connectivity index (χ0n) is 8.82.